The van der Waals surface area contributed by atoms with Crippen molar-refractivity contribution < 1.29 is 9.53 Å². The second-order valence-corrected chi connectivity index (χ2v) is 8.01. The first kappa shape index (κ1) is 22.0. The molecule has 2 heterocycles. The van der Waals surface area contributed by atoms with E-state index in [0.717, 1.165) is 19.4 Å². The van der Waals surface area contributed by atoms with Gasteiger partial charge in [-0.2, -0.15) is 0 Å². The lowest BCUT2D eigenvalue weighted by molar-refractivity contribution is 0.0950. The van der Waals surface area contributed by atoms with Crippen LogP contribution in [0.5, 0.6) is 5.75 Å². The average molecular weight is 413 g/mol. The van der Waals surface area contributed by atoms with Crippen LogP contribution in [-0.2, 0) is 0 Å². The van der Waals surface area contributed by atoms with Gasteiger partial charge in [0.1, 0.15) is 11.6 Å². The zero-order valence-corrected chi connectivity index (χ0v) is 18.4. The Kier molecular flexibility index (Phi) is 7.26. The number of carbonyl (C=O) groups is 1. The van der Waals surface area contributed by atoms with Gasteiger partial charge in [-0.05, 0) is 71.3 Å². The second kappa shape index (κ2) is 9.89. The number of carbonyl (C=O) groups excluding carboxylic acids is 1. The van der Waals surface area contributed by atoms with Crippen molar-refractivity contribution in [3.8, 4) is 17.1 Å². The van der Waals surface area contributed by atoms with Crippen molar-refractivity contribution in [2.75, 3.05) is 26.7 Å². The molecule has 1 amide bonds. The van der Waals surface area contributed by atoms with Crippen LogP contribution in [0.3, 0.4) is 0 Å². The maximum atomic E-state index is 12.7. The Hall–Kier alpha value is -2.67. The number of likely N-dealkylation sites (tertiary alicyclic amines) is 1. The van der Waals surface area contributed by atoms with Crippen LogP contribution in [0.25, 0.3) is 11.4 Å². The number of H-pyrrole nitrogens is 1. The molecule has 1 aromatic carbocycles. The van der Waals surface area contributed by atoms with Crippen LogP contribution in [0, 0.1) is 13.8 Å². The number of ether oxygens (including phenoxy) is 1. The lowest BCUT2D eigenvalue weighted by Crippen LogP contribution is -2.31. The topological polar surface area (TPSA) is 87.3 Å². The third-order valence-electron chi connectivity index (χ3n) is 5.79. The Morgan fingerprint density at radius 2 is 2.17 bits per heavy atom. The van der Waals surface area contributed by atoms with Gasteiger partial charge in [-0.3, -0.25) is 9.59 Å². The number of benzene rings is 1. The summed E-state index contributed by atoms with van der Waals surface area (Å²) in [5.41, 5.74) is 2.20. The fourth-order valence-electron chi connectivity index (χ4n) is 3.77. The minimum Gasteiger partial charge on any atom is -0.493 e. The summed E-state index contributed by atoms with van der Waals surface area (Å²) < 4.78 is 5.85. The number of nitrogens with zero attached hydrogens (tertiary/aromatic N) is 2. The lowest BCUT2D eigenvalue weighted by Gasteiger charge is -2.19. The number of aryl methyl sites for hydroxylation is 1. The first-order chi connectivity index (χ1) is 14.4. The third kappa shape index (κ3) is 5.08. The normalized spacial score (nSPS) is 16.6. The molecule has 1 aromatic heterocycles. The van der Waals surface area contributed by atoms with E-state index in [1.165, 1.54) is 12.8 Å². The maximum absolute atomic E-state index is 12.7. The molecule has 3 rings (SSSR count). The third-order valence-corrected chi connectivity index (χ3v) is 5.79. The molecule has 0 bridgehead atoms. The molecule has 0 radical (unpaired) electrons. The van der Waals surface area contributed by atoms with E-state index in [2.05, 4.69) is 27.2 Å². The summed E-state index contributed by atoms with van der Waals surface area (Å²) in [5.74, 6) is 0.883. The van der Waals surface area contributed by atoms with Crippen molar-refractivity contribution in [2.24, 2.45) is 0 Å². The number of aromatic nitrogens is 2. The van der Waals surface area contributed by atoms with Gasteiger partial charge in [0, 0.05) is 29.4 Å². The van der Waals surface area contributed by atoms with Gasteiger partial charge >= 0.3 is 0 Å². The van der Waals surface area contributed by atoms with E-state index in [-0.39, 0.29) is 11.5 Å². The molecule has 2 aromatic rings. The Morgan fingerprint density at radius 3 is 2.83 bits per heavy atom. The number of amides is 1. The smallest absolute Gasteiger partial charge is 0.254 e. The van der Waals surface area contributed by atoms with E-state index >= 15 is 0 Å². The molecule has 1 atom stereocenters. The molecule has 0 saturated carbocycles. The number of rotatable bonds is 8. The molecule has 7 nitrogen and oxygen atoms in total. The molecular weight excluding hydrogens is 380 g/mol. The monoisotopic (exact) mass is 412 g/mol. The van der Waals surface area contributed by atoms with Gasteiger partial charge in [0.05, 0.1) is 12.2 Å². The molecule has 1 aliphatic rings. The number of nitrogens with one attached hydrogen (secondary N) is 2. The van der Waals surface area contributed by atoms with Crippen molar-refractivity contribution in [1.82, 2.24) is 20.2 Å². The van der Waals surface area contributed by atoms with Crippen molar-refractivity contribution in [3.05, 3.63) is 45.4 Å². The minimum absolute atomic E-state index is 0.134. The average Bonchev–Trinajstić information content (AvgIpc) is 3.14. The van der Waals surface area contributed by atoms with Crippen molar-refractivity contribution in [3.63, 3.8) is 0 Å². The number of hydrogen-bond acceptors (Lipinski definition) is 5. The summed E-state index contributed by atoms with van der Waals surface area (Å²) >= 11 is 0. The Balaban J connectivity index is 1.81. The zero-order chi connectivity index (χ0) is 21.7. The highest BCUT2D eigenvalue weighted by Crippen LogP contribution is 2.29. The highest BCUT2D eigenvalue weighted by Gasteiger charge is 2.21. The zero-order valence-electron chi connectivity index (χ0n) is 18.4. The Labute approximate surface area is 177 Å². The molecule has 1 saturated heterocycles. The highest BCUT2D eigenvalue weighted by atomic mass is 16.5. The molecule has 0 spiro atoms. The summed E-state index contributed by atoms with van der Waals surface area (Å²) in [6.07, 6.45) is 4.21. The summed E-state index contributed by atoms with van der Waals surface area (Å²) in [7, 11) is 2.14. The van der Waals surface area contributed by atoms with Gasteiger partial charge in [0.25, 0.3) is 11.5 Å². The molecule has 1 unspecified atom stereocenters. The molecule has 7 heteroatoms. The first-order valence-corrected chi connectivity index (χ1v) is 10.7. The van der Waals surface area contributed by atoms with E-state index in [9.17, 15) is 9.59 Å². The summed E-state index contributed by atoms with van der Waals surface area (Å²) in [6, 6.07) is 5.81. The predicted octanol–water partition coefficient (Wildman–Crippen LogP) is 3.06. The minimum atomic E-state index is -0.186. The first-order valence-electron chi connectivity index (χ1n) is 10.7. The Morgan fingerprint density at radius 1 is 1.37 bits per heavy atom. The lowest BCUT2D eigenvalue weighted by atomic mass is 10.1. The molecule has 0 aliphatic carbocycles. The standard InChI is InChI=1S/C23H32N4O3/c1-5-13-30-20-9-8-17(23(29)24-11-10-18-7-6-12-27(18)4)14-19(20)21-25-16(3)15(2)22(28)26-21/h8-9,14,18H,5-7,10-13H2,1-4H3,(H,24,29)(H,25,26,28). The van der Waals surface area contributed by atoms with Gasteiger partial charge in [-0.25, -0.2) is 4.98 Å². The number of hydrogen-bond donors (Lipinski definition) is 2. The van der Waals surface area contributed by atoms with Crippen molar-refractivity contribution in [1.29, 1.82) is 0 Å². The van der Waals surface area contributed by atoms with Gasteiger partial charge in [0.2, 0.25) is 0 Å². The highest BCUT2D eigenvalue weighted by molar-refractivity contribution is 5.95. The van der Waals surface area contributed by atoms with Crippen LogP contribution in [0.15, 0.2) is 23.0 Å². The molecular formula is C23H32N4O3. The second-order valence-electron chi connectivity index (χ2n) is 8.01. The summed E-state index contributed by atoms with van der Waals surface area (Å²) in [6.45, 7) is 7.88. The summed E-state index contributed by atoms with van der Waals surface area (Å²) in [5, 5.41) is 3.02. The fourth-order valence-corrected chi connectivity index (χ4v) is 3.77. The summed E-state index contributed by atoms with van der Waals surface area (Å²) in [4.78, 5) is 34.7. The van der Waals surface area contributed by atoms with E-state index in [4.69, 9.17) is 4.74 Å². The predicted molar refractivity (Wildman–Crippen MR) is 118 cm³/mol. The van der Waals surface area contributed by atoms with Crippen LogP contribution in [0.1, 0.15) is 54.2 Å². The van der Waals surface area contributed by atoms with Gasteiger partial charge in [-0.15, -0.1) is 0 Å². The van der Waals surface area contributed by atoms with Crippen molar-refractivity contribution >= 4 is 5.91 Å². The molecule has 1 aliphatic heterocycles. The van der Waals surface area contributed by atoms with Crippen LogP contribution in [0.4, 0.5) is 0 Å². The number of aromatic amines is 1. The fraction of sp³-hybridized carbons (Fsp3) is 0.522. The van der Waals surface area contributed by atoms with Crippen LogP contribution < -0.4 is 15.6 Å². The maximum Gasteiger partial charge on any atom is 0.254 e. The van der Waals surface area contributed by atoms with E-state index < -0.39 is 0 Å². The van der Waals surface area contributed by atoms with E-state index in [1.54, 1.807) is 32.0 Å². The molecule has 162 valence electrons. The van der Waals surface area contributed by atoms with Gasteiger partial charge in [0.15, 0.2) is 0 Å². The van der Waals surface area contributed by atoms with Crippen molar-refractivity contribution in [2.45, 2.75) is 52.5 Å². The molecule has 30 heavy (non-hydrogen) atoms. The quantitative estimate of drug-likeness (QED) is 0.696. The largest absolute Gasteiger partial charge is 0.493 e. The SMILES string of the molecule is CCCOc1ccc(C(=O)NCCC2CCCN2C)cc1-c1nc(C)c(C)c(=O)[nH]1. The van der Waals surface area contributed by atoms with E-state index in [1.807, 2.05) is 6.92 Å². The van der Waals surface area contributed by atoms with E-state index in [0.29, 0.717) is 53.2 Å². The molecule has 2 N–H and O–H groups in total. The van der Waals surface area contributed by atoms with Crippen LogP contribution in [0.2, 0.25) is 0 Å². The Bertz CT molecular complexity index is 954. The van der Waals surface area contributed by atoms with Gasteiger partial charge in [-0.1, -0.05) is 6.92 Å². The van der Waals surface area contributed by atoms with Crippen LogP contribution in [-0.4, -0.2) is 53.6 Å². The molecule has 1 fully saturated rings. The van der Waals surface area contributed by atoms with Gasteiger partial charge < -0.3 is 19.9 Å². The van der Waals surface area contributed by atoms with Crippen LogP contribution >= 0.6 is 0 Å².